The minimum atomic E-state index is -3.52. The smallest absolute Gasteiger partial charge is 0.240 e. The highest BCUT2D eigenvalue weighted by Gasteiger charge is 2.21. The van der Waals surface area contributed by atoms with E-state index in [1.807, 2.05) is 13.8 Å². The van der Waals surface area contributed by atoms with Gasteiger partial charge in [0.15, 0.2) is 0 Å². The molecule has 21 heavy (non-hydrogen) atoms. The predicted octanol–water partition coefficient (Wildman–Crippen LogP) is 2.52. The SMILES string of the molecule is CCC[C@@H](C)NC(=O)CN(c1ccc(Br)cc1)S(C)(=O)=O. The molecule has 0 bridgehead atoms. The van der Waals surface area contributed by atoms with Crippen molar-refractivity contribution in [2.24, 2.45) is 0 Å². The lowest BCUT2D eigenvalue weighted by molar-refractivity contribution is -0.120. The van der Waals surface area contributed by atoms with Crippen molar-refractivity contribution in [2.75, 3.05) is 17.1 Å². The number of anilines is 1. The van der Waals surface area contributed by atoms with E-state index in [2.05, 4.69) is 21.2 Å². The molecule has 1 amide bonds. The average molecular weight is 377 g/mol. The minimum absolute atomic E-state index is 0.0360. The normalized spacial score (nSPS) is 12.8. The highest BCUT2D eigenvalue weighted by Crippen LogP contribution is 2.20. The molecule has 0 aliphatic rings. The third kappa shape index (κ3) is 6.05. The van der Waals surface area contributed by atoms with E-state index in [1.165, 1.54) is 0 Å². The zero-order valence-corrected chi connectivity index (χ0v) is 14.9. The number of hydrogen-bond acceptors (Lipinski definition) is 3. The maximum atomic E-state index is 12.0. The number of rotatable bonds is 7. The van der Waals surface area contributed by atoms with Crippen LogP contribution < -0.4 is 9.62 Å². The van der Waals surface area contributed by atoms with Gasteiger partial charge in [-0.05, 0) is 37.6 Å². The molecule has 0 fully saturated rings. The molecule has 0 saturated heterocycles. The fourth-order valence-electron chi connectivity index (χ4n) is 1.96. The molecule has 1 aromatic carbocycles. The number of halogens is 1. The lowest BCUT2D eigenvalue weighted by atomic mass is 10.2. The van der Waals surface area contributed by atoms with E-state index >= 15 is 0 Å². The molecule has 1 aromatic rings. The van der Waals surface area contributed by atoms with Crippen molar-refractivity contribution in [3.05, 3.63) is 28.7 Å². The summed E-state index contributed by atoms with van der Waals surface area (Å²) in [6, 6.07) is 6.84. The molecule has 118 valence electrons. The van der Waals surface area contributed by atoms with Gasteiger partial charge in [-0.2, -0.15) is 0 Å². The summed E-state index contributed by atoms with van der Waals surface area (Å²) in [5.74, 6) is -0.302. The summed E-state index contributed by atoms with van der Waals surface area (Å²) in [5, 5.41) is 2.81. The molecule has 0 aliphatic carbocycles. The Labute approximate surface area is 134 Å². The van der Waals surface area contributed by atoms with Crippen LogP contribution in [0.1, 0.15) is 26.7 Å². The van der Waals surface area contributed by atoms with Gasteiger partial charge in [-0.15, -0.1) is 0 Å². The van der Waals surface area contributed by atoms with Crippen LogP contribution in [0.15, 0.2) is 28.7 Å². The lowest BCUT2D eigenvalue weighted by Crippen LogP contribution is -2.43. The Kier molecular flexibility index (Phi) is 6.67. The number of benzene rings is 1. The first-order valence-corrected chi connectivity index (χ1v) is 9.40. The van der Waals surface area contributed by atoms with Gasteiger partial charge in [0.2, 0.25) is 15.9 Å². The van der Waals surface area contributed by atoms with Gasteiger partial charge in [-0.3, -0.25) is 9.10 Å². The summed E-state index contributed by atoms with van der Waals surface area (Å²) in [4.78, 5) is 12.0. The Hall–Kier alpha value is -1.08. The first-order chi connectivity index (χ1) is 9.74. The van der Waals surface area contributed by atoms with Crippen molar-refractivity contribution in [3.63, 3.8) is 0 Å². The molecule has 0 radical (unpaired) electrons. The summed E-state index contributed by atoms with van der Waals surface area (Å²) in [6.07, 6.45) is 2.92. The van der Waals surface area contributed by atoms with Crippen LogP contribution in [0.4, 0.5) is 5.69 Å². The van der Waals surface area contributed by atoms with Crippen LogP contribution in [0.5, 0.6) is 0 Å². The summed E-state index contributed by atoms with van der Waals surface area (Å²) in [6.45, 7) is 3.73. The number of amides is 1. The second-order valence-corrected chi connectivity index (χ2v) is 7.83. The summed E-state index contributed by atoms with van der Waals surface area (Å²) in [5.41, 5.74) is 0.471. The van der Waals surface area contributed by atoms with Crippen LogP contribution in [-0.4, -0.2) is 33.2 Å². The van der Waals surface area contributed by atoms with Gasteiger partial charge in [0, 0.05) is 10.5 Å². The van der Waals surface area contributed by atoms with E-state index in [-0.39, 0.29) is 18.5 Å². The zero-order valence-electron chi connectivity index (χ0n) is 12.5. The van der Waals surface area contributed by atoms with Gasteiger partial charge in [0.05, 0.1) is 11.9 Å². The van der Waals surface area contributed by atoms with E-state index in [0.717, 1.165) is 27.9 Å². The maximum Gasteiger partial charge on any atom is 0.240 e. The Morgan fingerprint density at radius 3 is 2.38 bits per heavy atom. The molecule has 0 spiro atoms. The second kappa shape index (κ2) is 7.79. The molecular formula is C14H21BrN2O3S. The Morgan fingerprint density at radius 1 is 1.33 bits per heavy atom. The average Bonchev–Trinajstić information content (AvgIpc) is 2.36. The summed E-state index contributed by atoms with van der Waals surface area (Å²) >= 11 is 3.30. The third-order valence-electron chi connectivity index (χ3n) is 2.93. The number of carbonyl (C=O) groups is 1. The molecule has 1 rings (SSSR count). The van der Waals surface area contributed by atoms with Crippen molar-refractivity contribution in [2.45, 2.75) is 32.7 Å². The van der Waals surface area contributed by atoms with Gasteiger partial charge in [0.1, 0.15) is 6.54 Å². The van der Waals surface area contributed by atoms with E-state index in [9.17, 15) is 13.2 Å². The third-order valence-corrected chi connectivity index (χ3v) is 4.60. The highest BCUT2D eigenvalue weighted by molar-refractivity contribution is 9.10. The van der Waals surface area contributed by atoms with Gasteiger partial charge < -0.3 is 5.32 Å². The fourth-order valence-corrected chi connectivity index (χ4v) is 3.08. The molecule has 0 heterocycles. The highest BCUT2D eigenvalue weighted by atomic mass is 79.9. The van der Waals surface area contributed by atoms with Gasteiger partial charge in [-0.25, -0.2) is 8.42 Å². The Balaban J connectivity index is 2.86. The number of nitrogens with zero attached hydrogens (tertiary/aromatic N) is 1. The number of hydrogen-bond donors (Lipinski definition) is 1. The van der Waals surface area contributed by atoms with E-state index in [4.69, 9.17) is 0 Å². The Morgan fingerprint density at radius 2 is 1.90 bits per heavy atom. The fraction of sp³-hybridized carbons (Fsp3) is 0.500. The molecule has 7 heteroatoms. The molecular weight excluding hydrogens is 356 g/mol. The minimum Gasteiger partial charge on any atom is -0.352 e. The van der Waals surface area contributed by atoms with Gasteiger partial charge in [0.25, 0.3) is 0 Å². The van der Waals surface area contributed by atoms with E-state index < -0.39 is 10.0 Å². The molecule has 0 aliphatic heterocycles. The van der Waals surface area contributed by atoms with E-state index in [1.54, 1.807) is 24.3 Å². The van der Waals surface area contributed by atoms with Crippen molar-refractivity contribution in [1.29, 1.82) is 0 Å². The molecule has 1 atom stereocenters. The van der Waals surface area contributed by atoms with Crippen LogP contribution in [0, 0.1) is 0 Å². The maximum absolute atomic E-state index is 12.0. The van der Waals surface area contributed by atoms with Crippen molar-refractivity contribution in [3.8, 4) is 0 Å². The number of sulfonamides is 1. The summed E-state index contributed by atoms with van der Waals surface area (Å²) < 4.78 is 25.7. The lowest BCUT2D eigenvalue weighted by Gasteiger charge is -2.23. The molecule has 0 saturated carbocycles. The Bertz CT molecular complexity index is 572. The zero-order chi connectivity index (χ0) is 16.0. The molecule has 0 unspecified atom stereocenters. The number of carbonyl (C=O) groups excluding carboxylic acids is 1. The van der Waals surface area contributed by atoms with Gasteiger partial charge >= 0.3 is 0 Å². The first-order valence-electron chi connectivity index (χ1n) is 6.76. The van der Waals surface area contributed by atoms with Crippen LogP contribution in [0.25, 0.3) is 0 Å². The molecule has 0 aromatic heterocycles. The van der Waals surface area contributed by atoms with Crippen LogP contribution in [0.2, 0.25) is 0 Å². The quantitative estimate of drug-likeness (QED) is 0.794. The van der Waals surface area contributed by atoms with Crippen LogP contribution in [-0.2, 0) is 14.8 Å². The van der Waals surface area contributed by atoms with Crippen molar-refractivity contribution in [1.82, 2.24) is 5.32 Å². The molecule has 5 nitrogen and oxygen atoms in total. The molecule has 1 N–H and O–H groups in total. The van der Waals surface area contributed by atoms with Crippen LogP contribution in [0.3, 0.4) is 0 Å². The van der Waals surface area contributed by atoms with Crippen molar-refractivity contribution >= 4 is 37.5 Å². The monoisotopic (exact) mass is 376 g/mol. The van der Waals surface area contributed by atoms with E-state index in [0.29, 0.717) is 5.69 Å². The van der Waals surface area contributed by atoms with Crippen LogP contribution >= 0.6 is 15.9 Å². The topological polar surface area (TPSA) is 66.5 Å². The summed E-state index contributed by atoms with van der Waals surface area (Å²) in [7, 11) is -3.52. The standard InChI is InChI=1S/C14H21BrN2O3S/c1-4-5-11(2)16-14(18)10-17(21(3,19)20)13-8-6-12(15)7-9-13/h6-9,11H,4-5,10H2,1-3H3,(H,16,18)/t11-/m1/s1. The van der Waals surface area contributed by atoms with Crippen molar-refractivity contribution < 1.29 is 13.2 Å². The number of nitrogens with one attached hydrogen (secondary N) is 1. The largest absolute Gasteiger partial charge is 0.352 e. The van der Waals surface area contributed by atoms with Gasteiger partial charge in [-0.1, -0.05) is 29.3 Å². The second-order valence-electron chi connectivity index (χ2n) is 5.00. The first kappa shape index (κ1) is 18.0. The predicted molar refractivity (Wildman–Crippen MR) is 88.8 cm³/mol.